The fourth-order valence-corrected chi connectivity index (χ4v) is 2.72. The fraction of sp³-hybridized carbons (Fsp3) is 0.278. The van der Waals surface area contributed by atoms with Crippen molar-refractivity contribution in [1.29, 1.82) is 0 Å². The molecule has 23 heavy (non-hydrogen) atoms. The number of amides is 1. The van der Waals surface area contributed by atoms with Crippen molar-refractivity contribution < 1.29 is 9.90 Å². The molecular weight excluding hydrogens is 333 g/mol. The van der Waals surface area contributed by atoms with Crippen molar-refractivity contribution in [1.82, 2.24) is 5.32 Å². The van der Waals surface area contributed by atoms with Gasteiger partial charge >= 0.3 is 0 Å². The van der Waals surface area contributed by atoms with Gasteiger partial charge in [-0.15, -0.1) is 0 Å². The number of carbonyl (C=O) groups excluding carboxylic acids is 1. The van der Waals surface area contributed by atoms with Gasteiger partial charge in [-0.3, -0.25) is 4.79 Å². The average molecular weight is 352 g/mol. The minimum absolute atomic E-state index is 0.115. The fourth-order valence-electron chi connectivity index (χ4n) is 2.20. The first kappa shape index (κ1) is 17.8. The van der Waals surface area contributed by atoms with Crippen molar-refractivity contribution in [2.45, 2.75) is 25.9 Å². The molecule has 0 saturated heterocycles. The van der Waals surface area contributed by atoms with Crippen LogP contribution >= 0.6 is 23.2 Å². The Balaban J connectivity index is 1.97. The molecule has 0 aliphatic carbocycles. The van der Waals surface area contributed by atoms with Gasteiger partial charge in [0.25, 0.3) is 5.91 Å². The van der Waals surface area contributed by atoms with E-state index >= 15 is 0 Å². The Labute approximate surface area is 146 Å². The van der Waals surface area contributed by atoms with Gasteiger partial charge in [0.2, 0.25) is 0 Å². The van der Waals surface area contributed by atoms with Crippen LogP contribution in [0.3, 0.4) is 0 Å². The van der Waals surface area contributed by atoms with Crippen LogP contribution in [0.4, 0.5) is 0 Å². The van der Waals surface area contributed by atoms with Crippen molar-refractivity contribution in [3.8, 4) is 0 Å². The monoisotopic (exact) mass is 351 g/mol. The number of aliphatic hydroxyl groups excluding tert-OH is 1. The third kappa shape index (κ3) is 4.96. The number of hydrogen-bond acceptors (Lipinski definition) is 2. The summed E-state index contributed by atoms with van der Waals surface area (Å²) in [4.78, 5) is 12.1. The number of hydrogen-bond donors (Lipinski definition) is 2. The van der Waals surface area contributed by atoms with Gasteiger partial charge in [0, 0.05) is 22.2 Å². The Morgan fingerprint density at radius 3 is 2.09 bits per heavy atom. The molecule has 0 fully saturated rings. The largest absolute Gasteiger partial charge is 0.387 e. The summed E-state index contributed by atoms with van der Waals surface area (Å²) in [6, 6.07) is 12.4. The van der Waals surface area contributed by atoms with E-state index in [1.54, 1.807) is 6.07 Å². The molecule has 0 aromatic heterocycles. The Morgan fingerprint density at radius 2 is 1.57 bits per heavy atom. The summed E-state index contributed by atoms with van der Waals surface area (Å²) >= 11 is 11.8. The molecule has 0 aliphatic heterocycles. The number of carbonyl (C=O) groups is 1. The van der Waals surface area contributed by atoms with Crippen LogP contribution in [0.2, 0.25) is 10.0 Å². The quantitative estimate of drug-likeness (QED) is 0.828. The molecule has 122 valence electrons. The van der Waals surface area contributed by atoms with Gasteiger partial charge in [-0.2, -0.15) is 0 Å². The lowest BCUT2D eigenvalue weighted by Gasteiger charge is -2.14. The minimum Gasteiger partial charge on any atom is -0.387 e. The maximum Gasteiger partial charge on any atom is 0.251 e. The second-order valence-electron chi connectivity index (χ2n) is 5.71. The van der Waals surface area contributed by atoms with E-state index in [0.717, 1.165) is 5.56 Å². The zero-order valence-corrected chi connectivity index (χ0v) is 14.5. The van der Waals surface area contributed by atoms with E-state index in [9.17, 15) is 9.90 Å². The van der Waals surface area contributed by atoms with E-state index in [-0.39, 0.29) is 12.5 Å². The summed E-state index contributed by atoms with van der Waals surface area (Å²) in [5.41, 5.74) is 2.34. The van der Waals surface area contributed by atoms with E-state index in [0.29, 0.717) is 21.5 Å². The van der Waals surface area contributed by atoms with Crippen LogP contribution in [-0.4, -0.2) is 17.6 Å². The summed E-state index contributed by atoms with van der Waals surface area (Å²) in [7, 11) is 0. The molecule has 0 radical (unpaired) electrons. The molecule has 2 N–H and O–H groups in total. The SMILES string of the molecule is CC(C)c1ccc(C(O)CNC(=O)c2cc(Cl)cc(Cl)c2)cc1. The Bertz CT molecular complexity index is 664. The van der Waals surface area contributed by atoms with Crippen molar-refractivity contribution in [2.24, 2.45) is 0 Å². The normalized spacial score (nSPS) is 12.3. The Kier molecular flexibility index (Phi) is 6.05. The smallest absolute Gasteiger partial charge is 0.251 e. The summed E-state index contributed by atoms with van der Waals surface area (Å²) in [6.07, 6.45) is -0.769. The first-order valence-corrected chi connectivity index (χ1v) is 8.14. The summed E-state index contributed by atoms with van der Waals surface area (Å²) in [5.74, 6) is 0.112. The van der Waals surface area contributed by atoms with Crippen molar-refractivity contribution in [2.75, 3.05) is 6.54 Å². The highest BCUT2D eigenvalue weighted by Gasteiger charge is 2.12. The minimum atomic E-state index is -0.769. The summed E-state index contributed by atoms with van der Waals surface area (Å²) < 4.78 is 0. The lowest BCUT2D eigenvalue weighted by molar-refractivity contribution is 0.0916. The molecule has 0 heterocycles. The standard InChI is InChI=1S/C18H19Cl2NO2/c1-11(2)12-3-5-13(6-4-12)17(22)10-21-18(23)14-7-15(19)9-16(20)8-14/h3-9,11,17,22H,10H2,1-2H3,(H,21,23). The highest BCUT2D eigenvalue weighted by atomic mass is 35.5. The second-order valence-corrected chi connectivity index (χ2v) is 6.58. The van der Waals surface area contributed by atoms with Crippen molar-refractivity contribution in [3.63, 3.8) is 0 Å². The molecular formula is C18H19Cl2NO2. The summed E-state index contributed by atoms with van der Waals surface area (Å²) in [6.45, 7) is 4.34. The molecule has 1 atom stereocenters. The van der Waals surface area contributed by atoms with Crippen LogP contribution in [0.15, 0.2) is 42.5 Å². The number of rotatable bonds is 5. The molecule has 0 spiro atoms. The van der Waals surface area contributed by atoms with Gasteiger partial charge in [0.15, 0.2) is 0 Å². The third-order valence-corrected chi connectivity index (χ3v) is 4.01. The predicted molar refractivity (Wildman–Crippen MR) is 94.3 cm³/mol. The van der Waals surface area contributed by atoms with Gasteiger partial charge in [0.05, 0.1) is 6.10 Å². The van der Waals surface area contributed by atoms with Gasteiger partial charge in [-0.05, 0) is 35.2 Å². The van der Waals surface area contributed by atoms with Gasteiger partial charge in [0.1, 0.15) is 0 Å². The molecule has 3 nitrogen and oxygen atoms in total. The number of aliphatic hydroxyl groups is 1. The molecule has 0 aliphatic rings. The molecule has 1 unspecified atom stereocenters. The van der Waals surface area contributed by atoms with Crippen LogP contribution < -0.4 is 5.32 Å². The van der Waals surface area contributed by atoms with Gasteiger partial charge in [-0.1, -0.05) is 61.3 Å². The predicted octanol–water partition coefficient (Wildman–Crippen LogP) is 4.58. The Morgan fingerprint density at radius 1 is 1.04 bits per heavy atom. The number of halogens is 2. The van der Waals surface area contributed by atoms with Crippen LogP contribution in [0.1, 0.15) is 47.4 Å². The van der Waals surface area contributed by atoms with Gasteiger partial charge < -0.3 is 10.4 Å². The van der Waals surface area contributed by atoms with E-state index in [4.69, 9.17) is 23.2 Å². The summed E-state index contributed by atoms with van der Waals surface area (Å²) in [5, 5.41) is 13.7. The topological polar surface area (TPSA) is 49.3 Å². The molecule has 2 aromatic rings. The third-order valence-electron chi connectivity index (χ3n) is 3.57. The van der Waals surface area contributed by atoms with Crippen molar-refractivity contribution >= 4 is 29.1 Å². The first-order chi connectivity index (χ1) is 10.9. The zero-order valence-electron chi connectivity index (χ0n) is 13.0. The molecule has 5 heteroatoms. The molecule has 0 bridgehead atoms. The van der Waals surface area contributed by atoms with Crippen LogP contribution in [-0.2, 0) is 0 Å². The molecule has 1 amide bonds. The average Bonchev–Trinajstić information content (AvgIpc) is 2.51. The lowest BCUT2D eigenvalue weighted by atomic mass is 10.00. The van der Waals surface area contributed by atoms with E-state index in [2.05, 4.69) is 19.2 Å². The maximum atomic E-state index is 12.1. The van der Waals surface area contributed by atoms with E-state index in [1.807, 2.05) is 24.3 Å². The van der Waals surface area contributed by atoms with Crippen LogP contribution in [0.5, 0.6) is 0 Å². The Hall–Kier alpha value is -1.55. The van der Waals surface area contributed by atoms with E-state index in [1.165, 1.54) is 17.7 Å². The lowest BCUT2D eigenvalue weighted by Crippen LogP contribution is -2.28. The zero-order chi connectivity index (χ0) is 17.0. The van der Waals surface area contributed by atoms with E-state index < -0.39 is 6.10 Å². The van der Waals surface area contributed by atoms with Crippen LogP contribution in [0.25, 0.3) is 0 Å². The number of benzene rings is 2. The number of nitrogens with one attached hydrogen (secondary N) is 1. The second kappa shape index (κ2) is 7.82. The van der Waals surface area contributed by atoms with Crippen LogP contribution in [0, 0.1) is 0 Å². The van der Waals surface area contributed by atoms with Crippen molar-refractivity contribution in [3.05, 3.63) is 69.2 Å². The highest BCUT2D eigenvalue weighted by molar-refractivity contribution is 6.35. The molecule has 2 rings (SSSR count). The highest BCUT2D eigenvalue weighted by Crippen LogP contribution is 2.20. The molecule has 2 aromatic carbocycles. The maximum absolute atomic E-state index is 12.1. The first-order valence-electron chi connectivity index (χ1n) is 7.39. The van der Waals surface area contributed by atoms with Gasteiger partial charge in [-0.25, -0.2) is 0 Å². The molecule has 0 saturated carbocycles.